The van der Waals surface area contributed by atoms with E-state index in [1.54, 1.807) is 24.0 Å². The molecule has 0 bridgehead atoms. The third-order valence-corrected chi connectivity index (χ3v) is 4.43. The van der Waals surface area contributed by atoms with Crippen molar-refractivity contribution in [2.45, 2.75) is 11.3 Å². The summed E-state index contributed by atoms with van der Waals surface area (Å²) < 4.78 is 39.1. The van der Waals surface area contributed by atoms with Gasteiger partial charge < -0.3 is 4.57 Å². The molecule has 0 N–H and O–H groups in total. The molecular formula is C12H13FN2O2S. The minimum atomic E-state index is -3.61. The van der Waals surface area contributed by atoms with Gasteiger partial charge >= 0.3 is 0 Å². The second-order valence-electron chi connectivity index (χ2n) is 3.95. The predicted octanol–water partition coefficient (Wildman–Crippen LogP) is 1.58. The Kier molecular flexibility index (Phi) is 3.47. The van der Waals surface area contributed by atoms with E-state index in [1.165, 1.54) is 18.2 Å². The van der Waals surface area contributed by atoms with Crippen LogP contribution in [-0.2, 0) is 23.3 Å². The molecule has 18 heavy (non-hydrogen) atoms. The van der Waals surface area contributed by atoms with Crippen LogP contribution in [0.25, 0.3) is 0 Å². The van der Waals surface area contributed by atoms with E-state index in [2.05, 4.69) is 4.98 Å². The van der Waals surface area contributed by atoms with Crippen molar-refractivity contribution in [1.29, 1.82) is 0 Å². The quantitative estimate of drug-likeness (QED) is 0.846. The number of nitrogens with zero attached hydrogens (tertiary/aromatic N) is 2. The summed E-state index contributed by atoms with van der Waals surface area (Å²) in [5.41, 5.74) is 0. The van der Waals surface area contributed by atoms with E-state index in [-0.39, 0.29) is 17.1 Å². The summed E-state index contributed by atoms with van der Waals surface area (Å²) in [5.74, 6) is -0.203. The lowest BCUT2D eigenvalue weighted by Gasteiger charge is -2.05. The largest absolute Gasteiger partial charge is 0.338 e. The Morgan fingerprint density at radius 1 is 1.33 bits per heavy atom. The van der Waals surface area contributed by atoms with Crippen LogP contribution in [0.5, 0.6) is 0 Å². The fourth-order valence-electron chi connectivity index (χ4n) is 1.67. The highest BCUT2D eigenvalue weighted by atomic mass is 32.2. The van der Waals surface area contributed by atoms with Crippen LogP contribution in [0.4, 0.5) is 4.39 Å². The maximum atomic E-state index is 13.4. The lowest BCUT2D eigenvalue weighted by atomic mass is 10.3. The number of aryl methyl sites for hydroxylation is 2. The van der Waals surface area contributed by atoms with Crippen LogP contribution in [0, 0.1) is 5.82 Å². The topological polar surface area (TPSA) is 52.0 Å². The molecular weight excluding hydrogens is 255 g/mol. The van der Waals surface area contributed by atoms with E-state index < -0.39 is 15.7 Å². The van der Waals surface area contributed by atoms with Crippen LogP contribution < -0.4 is 0 Å². The summed E-state index contributed by atoms with van der Waals surface area (Å²) in [4.78, 5) is 3.79. The zero-order valence-electron chi connectivity index (χ0n) is 9.88. The van der Waals surface area contributed by atoms with Crippen LogP contribution >= 0.6 is 0 Å². The molecule has 0 saturated carbocycles. The van der Waals surface area contributed by atoms with Gasteiger partial charge in [0, 0.05) is 25.9 Å². The van der Waals surface area contributed by atoms with Gasteiger partial charge in [-0.05, 0) is 12.1 Å². The van der Waals surface area contributed by atoms with Crippen LogP contribution in [0.3, 0.4) is 0 Å². The van der Waals surface area contributed by atoms with E-state index >= 15 is 0 Å². The SMILES string of the molecule is Cn1ccnc1CCS(=O)(=O)c1ccccc1F. The molecule has 2 rings (SSSR count). The van der Waals surface area contributed by atoms with Crippen molar-refractivity contribution in [3.8, 4) is 0 Å². The second kappa shape index (κ2) is 4.89. The number of sulfone groups is 1. The number of benzene rings is 1. The van der Waals surface area contributed by atoms with Crippen molar-refractivity contribution in [1.82, 2.24) is 9.55 Å². The second-order valence-corrected chi connectivity index (χ2v) is 6.03. The van der Waals surface area contributed by atoms with Crippen LogP contribution in [0.1, 0.15) is 5.82 Å². The molecule has 4 nitrogen and oxygen atoms in total. The van der Waals surface area contributed by atoms with Gasteiger partial charge in [0.2, 0.25) is 0 Å². The van der Waals surface area contributed by atoms with Crippen LogP contribution in [0.2, 0.25) is 0 Å². The maximum Gasteiger partial charge on any atom is 0.181 e. The molecule has 1 aromatic heterocycles. The lowest BCUT2D eigenvalue weighted by molar-refractivity contribution is 0.565. The molecule has 0 aliphatic carbocycles. The van der Waals surface area contributed by atoms with Crippen LogP contribution in [0.15, 0.2) is 41.6 Å². The first-order chi connectivity index (χ1) is 8.50. The Morgan fingerprint density at radius 3 is 2.67 bits per heavy atom. The van der Waals surface area contributed by atoms with Crippen molar-refractivity contribution in [3.05, 3.63) is 48.3 Å². The molecule has 0 fully saturated rings. The Balaban J connectivity index is 2.19. The molecule has 0 spiro atoms. The molecule has 0 aliphatic rings. The molecule has 6 heteroatoms. The summed E-state index contributed by atoms with van der Waals surface area (Å²) in [5, 5.41) is 0. The fraction of sp³-hybridized carbons (Fsp3) is 0.250. The number of imidazole rings is 1. The highest BCUT2D eigenvalue weighted by molar-refractivity contribution is 7.91. The third-order valence-electron chi connectivity index (χ3n) is 2.69. The molecule has 0 saturated heterocycles. The normalized spacial score (nSPS) is 11.7. The van der Waals surface area contributed by atoms with Gasteiger partial charge in [-0.2, -0.15) is 0 Å². The average molecular weight is 268 g/mol. The fourth-order valence-corrected chi connectivity index (χ4v) is 2.99. The summed E-state index contributed by atoms with van der Waals surface area (Å²) in [6.07, 6.45) is 3.61. The lowest BCUT2D eigenvalue weighted by Crippen LogP contribution is -2.13. The highest BCUT2D eigenvalue weighted by Gasteiger charge is 2.19. The van der Waals surface area contributed by atoms with Gasteiger partial charge in [0.25, 0.3) is 0 Å². The first kappa shape index (κ1) is 12.8. The van der Waals surface area contributed by atoms with Gasteiger partial charge in [0.05, 0.1) is 5.75 Å². The van der Waals surface area contributed by atoms with Crippen molar-refractivity contribution < 1.29 is 12.8 Å². The summed E-state index contributed by atoms with van der Waals surface area (Å²) in [7, 11) is -1.82. The molecule has 0 amide bonds. The minimum Gasteiger partial charge on any atom is -0.338 e. The Labute approximate surface area is 105 Å². The van der Waals surface area contributed by atoms with Gasteiger partial charge in [-0.3, -0.25) is 0 Å². The van der Waals surface area contributed by atoms with Crippen LogP contribution in [-0.4, -0.2) is 23.7 Å². The number of hydrogen-bond acceptors (Lipinski definition) is 3. The van der Waals surface area contributed by atoms with E-state index in [4.69, 9.17) is 0 Å². The Morgan fingerprint density at radius 2 is 2.06 bits per heavy atom. The average Bonchev–Trinajstić information content (AvgIpc) is 2.73. The van der Waals surface area contributed by atoms with E-state index in [0.29, 0.717) is 5.82 Å². The molecule has 0 aliphatic heterocycles. The first-order valence-electron chi connectivity index (χ1n) is 5.44. The summed E-state index contributed by atoms with van der Waals surface area (Å²) in [6.45, 7) is 0. The molecule has 1 aromatic carbocycles. The molecule has 0 atom stereocenters. The Bertz CT molecular complexity index is 650. The monoisotopic (exact) mass is 268 g/mol. The third kappa shape index (κ3) is 2.59. The summed E-state index contributed by atoms with van der Waals surface area (Å²) in [6, 6.07) is 5.40. The van der Waals surface area contributed by atoms with Gasteiger partial charge in [0.1, 0.15) is 16.5 Å². The molecule has 96 valence electrons. The van der Waals surface area contributed by atoms with Crippen molar-refractivity contribution >= 4 is 9.84 Å². The number of halogens is 1. The van der Waals surface area contributed by atoms with Crippen molar-refractivity contribution in [2.24, 2.45) is 7.05 Å². The standard InChI is InChI=1S/C12H13FN2O2S/c1-15-8-7-14-12(15)6-9-18(16,17)11-5-3-2-4-10(11)13/h2-5,7-8H,6,9H2,1H3. The summed E-state index contributed by atoms with van der Waals surface area (Å²) >= 11 is 0. The maximum absolute atomic E-state index is 13.4. The van der Waals surface area contributed by atoms with Crippen molar-refractivity contribution in [3.63, 3.8) is 0 Å². The van der Waals surface area contributed by atoms with Gasteiger partial charge in [-0.1, -0.05) is 12.1 Å². The van der Waals surface area contributed by atoms with E-state index in [1.807, 2.05) is 0 Å². The Hall–Kier alpha value is -1.69. The highest BCUT2D eigenvalue weighted by Crippen LogP contribution is 2.16. The molecule has 1 heterocycles. The van der Waals surface area contributed by atoms with E-state index in [9.17, 15) is 12.8 Å². The number of hydrogen-bond donors (Lipinski definition) is 0. The first-order valence-corrected chi connectivity index (χ1v) is 7.09. The van der Waals surface area contributed by atoms with Crippen molar-refractivity contribution in [2.75, 3.05) is 5.75 Å². The number of aromatic nitrogens is 2. The van der Waals surface area contributed by atoms with Gasteiger partial charge in [-0.15, -0.1) is 0 Å². The number of rotatable bonds is 4. The molecule has 2 aromatic rings. The van der Waals surface area contributed by atoms with Gasteiger partial charge in [-0.25, -0.2) is 17.8 Å². The smallest absolute Gasteiger partial charge is 0.181 e. The minimum absolute atomic E-state index is 0.154. The molecule has 0 unspecified atom stereocenters. The predicted molar refractivity (Wildman–Crippen MR) is 65.4 cm³/mol. The molecule has 0 radical (unpaired) electrons. The zero-order chi connectivity index (χ0) is 13.2. The van der Waals surface area contributed by atoms with E-state index in [0.717, 1.165) is 6.07 Å². The zero-order valence-corrected chi connectivity index (χ0v) is 10.7. The van der Waals surface area contributed by atoms with Gasteiger partial charge in [0.15, 0.2) is 9.84 Å².